The number of rotatable bonds is 7. The zero-order valence-corrected chi connectivity index (χ0v) is 17.9. The first-order chi connectivity index (χ1) is 13.9. The van der Waals surface area contributed by atoms with Crippen molar-refractivity contribution in [1.29, 1.82) is 0 Å². The molecule has 0 N–H and O–H groups in total. The van der Waals surface area contributed by atoms with Crippen LogP contribution in [0, 0.1) is 0 Å². The predicted molar refractivity (Wildman–Crippen MR) is 115 cm³/mol. The summed E-state index contributed by atoms with van der Waals surface area (Å²) in [7, 11) is 7.26. The van der Waals surface area contributed by atoms with Crippen LogP contribution >= 0.6 is 0 Å². The predicted octanol–water partition coefficient (Wildman–Crippen LogP) is 2.14. The van der Waals surface area contributed by atoms with Crippen LogP contribution in [0.4, 0.5) is 10.5 Å². The lowest BCUT2D eigenvalue weighted by Crippen LogP contribution is -2.57. The van der Waals surface area contributed by atoms with Crippen LogP contribution in [0.15, 0.2) is 30.3 Å². The first-order valence-corrected chi connectivity index (χ1v) is 10.1. The average molecular weight is 401 g/mol. The fourth-order valence-electron chi connectivity index (χ4n) is 4.18. The molecule has 2 fully saturated rings. The fraction of sp³-hybridized carbons (Fsp3) is 0.545. The molecule has 29 heavy (non-hydrogen) atoms. The Hall–Kier alpha value is -2.38. The molecule has 158 valence electrons. The van der Waals surface area contributed by atoms with Gasteiger partial charge in [0.05, 0.1) is 6.61 Å². The van der Waals surface area contributed by atoms with E-state index in [2.05, 4.69) is 46.2 Å². The summed E-state index contributed by atoms with van der Waals surface area (Å²) in [4.78, 5) is 32.8. The Morgan fingerprint density at radius 1 is 1.14 bits per heavy atom. The SMILES string of the molecule is COCCN1C(=O)N(C)C(=O)C12CCN(C/C=C/c1ccc(N(C)C)cc1)CC2. The average Bonchev–Trinajstić information content (AvgIpc) is 2.89. The van der Waals surface area contributed by atoms with Gasteiger partial charge in [-0.1, -0.05) is 24.3 Å². The molecule has 7 nitrogen and oxygen atoms in total. The van der Waals surface area contributed by atoms with Crippen molar-refractivity contribution in [2.24, 2.45) is 0 Å². The summed E-state index contributed by atoms with van der Waals surface area (Å²) in [5.41, 5.74) is 1.65. The summed E-state index contributed by atoms with van der Waals surface area (Å²) < 4.78 is 5.15. The quantitative estimate of drug-likeness (QED) is 0.657. The van der Waals surface area contributed by atoms with Crippen LogP contribution in [0.2, 0.25) is 0 Å². The topological polar surface area (TPSA) is 56.3 Å². The highest BCUT2D eigenvalue weighted by atomic mass is 16.5. The Balaban J connectivity index is 1.57. The highest BCUT2D eigenvalue weighted by molar-refractivity contribution is 6.06. The van der Waals surface area contributed by atoms with E-state index in [0.717, 1.165) is 19.6 Å². The van der Waals surface area contributed by atoms with Gasteiger partial charge in [0, 0.05) is 60.1 Å². The van der Waals surface area contributed by atoms with Crippen molar-refractivity contribution < 1.29 is 14.3 Å². The van der Waals surface area contributed by atoms with Gasteiger partial charge in [0.25, 0.3) is 5.91 Å². The van der Waals surface area contributed by atoms with Gasteiger partial charge < -0.3 is 14.5 Å². The minimum Gasteiger partial charge on any atom is -0.383 e. The lowest BCUT2D eigenvalue weighted by atomic mass is 9.86. The van der Waals surface area contributed by atoms with Gasteiger partial charge in [0.2, 0.25) is 0 Å². The number of amides is 3. The third-order valence-corrected chi connectivity index (χ3v) is 6.02. The van der Waals surface area contributed by atoms with Crippen molar-refractivity contribution in [1.82, 2.24) is 14.7 Å². The summed E-state index contributed by atoms with van der Waals surface area (Å²) in [5, 5.41) is 0. The van der Waals surface area contributed by atoms with E-state index in [1.54, 1.807) is 19.1 Å². The Morgan fingerprint density at radius 2 is 1.79 bits per heavy atom. The van der Waals surface area contributed by atoms with Crippen molar-refractivity contribution in [2.45, 2.75) is 18.4 Å². The molecule has 2 heterocycles. The van der Waals surface area contributed by atoms with Crippen molar-refractivity contribution >= 4 is 23.7 Å². The van der Waals surface area contributed by atoms with Crippen LogP contribution in [0.3, 0.4) is 0 Å². The minimum atomic E-state index is -0.702. The maximum Gasteiger partial charge on any atom is 0.327 e. The molecule has 0 unspecified atom stereocenters. The van der Waals surface area contributed by atoms with Crippen molar-refractivity contribution in [3.8, 4) is 0 Å². The molecule has 1 spiro atoms. The number of carbonyl (C=O) groups excluding carboxylic acids is 2. The molecule has 3 amide bonds. The summed E-state index contributed by atoms with van der Waals surface area (Å²) in [6.45, 7) is 3.31. The smallest absolute Gasteiger partial charge is 0.327 e. The van der Waals surface area contributed by atoms with E-state index < -0.39 is 5.54 Å². The number of methoxy groups -OCH3 is 1. The van der Waals surface area contributed by atoms with E-state index in [1.807, 2.05) is 14.1 Å². The van der Waals surface area contributed by atoms with E-state index in [4.69, 9.17) is 4.74 Å². The highest BCUT2D eigenvalue weighted by Gasteiger charge is 2.56. The third-order valence-electron chi connectivity index (χ3n) is 6.02. The fourth-order valence-corrected chi connectivity index (χ4v) is 4.18. The molecule has 0 aromatic heterocycles. The molecule has 3 rings (SSSR count). The number of carbonyl (C=O) groups is 2. The van der Waals surface area contributed by atoms with Crippen LogP contribution in [0.1, 0.15) is 18.4 Å². The molecule has 0 bridgehead atoms. The monoisotopic (exact) mass is 400 g/mol. The lowest BCUT2D eigenvalue weighted by molar-refractivity contribution is -0.134. The van der Waals surface area contributed by atoms with Gasteiger partial charge in [0.15, 0.2) is 0 Å². The van der Waals surface area contributed by atoms with E-state index in [1.165, 1.54) is 16.2 Å². The van der Waals surface area contributed by atoms with Crippen molar-refractivity contribution in [3.63, 3.8) is 0 Å². The number of piperidine rings is 1. The molecule has 1 aromatic carbocycles. The number of ether oxygens (including phenoxy) is 1. The van der Waals surface area contributed by atoms with Gasteiger partial charge >= 0.3 is 6.03 Å². The van der Waals surface area contributed by atoms with Crippen LogP contribution in [0.5, 0.6) is 0 Å². The Morgan fingerprint density at radius 3 is 2.38 bits per heavy atom. The van der Waals surface area contributed by atoms with E-state index >= 15 is 0 Å². The standard InChI is InChI=1S/C22H32N4O3/c1-23(2)19-9-7-18(8-10-19)6-5-13-25-14-11-22(12-15-25)20(27)24(3)21(28)26(22)16-17-29-4/h5-10H,11-17H2,1-4H3/b6-5+. The summed E-state index contributed by atoms with van der Waals surface area (Å²) in [6, 6.07) is 8.24. The van der Waals surface area contributed by atoms with Gasteiger partial charge in [-0.2, -0.15) is 0 Å². The molecule has 2 aliphatic heterocycles. The second-order valence-corrected chi connectivity index (χ2v) is 8.01. The molecule has 2 aliphatic rings. The molecule has 0 aliphatic carbocycles. The summed E-state index contributed by atoms with van der Waals surface area (Å²) in [5.74, 6) is -0.0743. The Bertz CT molecular complexity index is 752. The van der Waals surface area contributed by atoms with Crippen LogP contribution in [-0.2, 0) is 9.53 Å². The third kappa shape index (κ3) is 4.31. The number of imide groups is 1. The van der Waals surface area contributed by atoms with Crippen LogP contribution in [0.25, 0.3) is 6.08 Å². The molecule has 1 aromatic rings. The number of benzene rings is 1. The summed E-state index contributed by atoms with van der Waals surface area (Å²) >= 11 is 0. The van der Waals surface area contributed by atoms with Crippen molar-refractivity contribution in [3.05, 3.63) is 35.9 Å². The van der Waals surface area contributed by atoms with Crippen LogP contribution < -0.4 is 4.90 Å². The maximum absolute atomic E-state index is 12.8. The number of likely N-dealkylation sites (tertiary alicyclic amines) is 1. The summed E-state index contributed by atoms with van der Waals surface area (Å²) in [6.07, 6.45) is 5.62. The van der Waals surface area contributed by atoms with Crippen molar-refractivity contribution in [2.75, 3.05) is 65.9 Å². The van der Waals surface area contributed by atoms with E-state index in [0.29, 0.717) is 26.0 Å². The maximum atomic E-state index is 12.8. The lowest BCUT2D eigenvalue weighted by Gasteiger charge is -2.41. The number of likely N-dealkylation sites (N-methyl/N-ethyl adjacent to an activating group) is 1. The van der Waals surface area contributed by atoms with E-state index in [-0.39, 0.29) is 11.9 Å². The van der Waals surface area contributed by atoms with Gasteiger partial charge in [-0.3, -0.25) is 14.6 Å². The number of urea groups is 1. The molecular weight excluding hydrogens is 368 g/mol. The highest BCUT2D eigenvalue weighted by Crippen LogP contribution is 2.36. The Kier molecular flexibility index (Phi) is 6.59. The number of anilines is 1. The molecule has 0 radical (unpaired) electrons. The number of hydrogen-bond donors (Lipinski definition) is 0. The number of nitrogens with zero attached hydrogens (tertiary/aromatic N) is 4. The minimum absolute atomic E-state index is 0.0743. The van der Waals surface area contributed by atoms with Gasteiger partial charge in [-0.05, 0) is 30.5 Å². The first-order valence-electron chi connectivity index (χ1n) is 10.1. The zero-order chi connectivity index (χ0) is 21.0. The number of hydrogen-bond acceptors (Lipinski definition) is 5. The first kappa shape index (κ1) is 21.3. The zero-order valence-electron chi connectivity index (χ0n) is 17.9. The molecule has 0 saturated carbocycles. The second-order valence-electron chi connectivity index (χ2n) is 8.01. The molecule has 7 heteroatoms. The second kappa shape index (κ2) is 8.97. The van der Waals surface area contributed by atoms with Gasteiger partial charge in [-0.25, -0.2) is 4.79 Å². The van der Waals surface area contributed by atoms with Gasteiger partial charge in [0.1, 0.15) is 5.54 Å². The molecule has 2 saturated heterocycles. The normalized spacial score (nSPS) is 19.7. The largest absolute Gasteiger partial charge is 0.383 e. The Labute approximate surface area is 173 Å². The van der Waals surface area contributed by atoms with Crippen LogP contribution in [-0.4, -0.2) is 93.2 Å². The molecular formula is C22H32N4O3. The van der Waals surface area contributed by atoms with E-state index in [9.17, 15) is 9.59 Å². The van der Waals surface area contributed by atoms with Gasteiger partial charge in [-0.15, -0.1) is 0 Å². The molecule has 0 atom stereocenters.